The van der Waals surface area contributed by atoms with Gasteiger partial charge in [-0.1, -0.05) is 12.2 Å². The maximum absolute atomic E-state index is 12.8. The van der Waals surface area contributed by atoms with Crippen molar-refractivity contribution in [3.63, 3.8) is 0 Å². The molecule has 0 unspecified atom stereocenters. The van der Waals surface area contributed by atoms with Crippen LogP contribution < -0.4 is 10.1 Å². The lowest BCUT2D eigenvalue weighted by Crippen LogP contribution is -2.37. The van der Waals surface area contributed by atoms with Crippen molar-refractivity contribution in [2.24, 2.45) is 5.92 Å². The van der Waals surface area contributed by atoms with Crippen LogP contribution in [0.2, 0.25) is 0 Å². The molecule has 0 atom stereocenters. The predicted molar refractivity (Wildman–Crippen MR) is 98.0 cm³/mol. The number of ketones is 1. The number of ether oxygens (including phenoxy) is 1. The molecule has 0 spiro atoms. The Balaban J connectivity index is 1.56. The Labute approximate surface area is 153 Å². The molecule has 1 amide bonds. The molecule has 0 aromatic heterocycles. The molecule has 136 valence electrons. The number of nitriles is 1. The molecule has 1 N–H and O–H groups in total. The number of benzene rings is 1. The summed E-state index contributed by atoms with van der Waals surface area (Å²) >= 11 is 0. The van der Waals surface area contributed by atoms with Crippen molar-refractivity contribution in [1.29, 1.82) is 5.26 Å². The number of fused-ring (bicyclic) bond motifs is 1. The van der Waals surface area contributed by atoms with E-state index < -0.39 is 0 Å². The Kier molecular flexibility index (Phi) is 5.69. The lowest BCUT2D eigenvalue weighted by molar-refractivity contribution is -0.118. The topological polar surface area (TPSA) is 82.4 Å². The van der Waals surface area contributed by atoms with Gasteiger partial charge in [-0.25, -0.2) is 0 Å². The summed E-state index contributed by atoms with van der Waals surface area (Å²) in [5.74, 6) is 0.520. The molecule has 0 radical (unpaired) electrons. The molecule has 0 bridgehead atoms. The molecule has 2 heterocycles. The molecule has 2 aliphatic heterocycles. The van der Waals surface area contributed by atoms with E-state index in [2.05, 4.69) is 22.9 Å². The third-order valence-electron chi connectivity index (χ3n) is 4.89. The summed E-state index contributed by atoms with van der Waals surface area (Å²) in [5, 5.41) is 11.4. The van der Waals surface area contributed by atoms with E-state index in [1.54, 1.807) is 18.2 Å². The number of nitrogens with one attached hydrogen (secondary N) is 1. The first-order valence-electron chi connectivity index (χ1n) is 8.93. The molecule has 1 saturated heterocycles. The molecule has 1 fully saturated rings. The Morgan fingerprint density at radius 2 is 2.15 bits per heavy atom. The average molecular weight is 353 g/mol. The van der Waals surface area contributed by atoms with Gasteiger partial charge in [0.2, 0.25) is 0 Å². The fraction of sp³-hybridized carbons (Fsp3) is 0.450. The largest absolute Gasteiger partial charge is 0.482 e. The van der Waals surface area contributed by atoms with Crippen LogP contribution in [0.1, 0.15) is 36.0 Å². The van der Waals surface area contributed by atoms with Crippen molar-refractivity contribution >= 4 is 17.4 Å². The average Bonchev–Trinajstić information content (AvgIpc) is 2.65. The van der Waals surface area contributed by atoms with Gasteiger partial charge in [-0.05, 0) is 50.6 Å². The molecule has 6 nitrogen and oxygen atoms in total. The number of hydrogen-bond donors (Lipinski definition) is 1. The highest BCUT2D eigenvalue weighted by Gasteiger charge is 2.27. The van der Waals surface area contributed by atoms with Crippen molar-refractivity contribution in [2.45, 2.75) is 25.7 Å². The predicted octanol–water partition coefficient (Wildman–Crippen LogP) is 2.77. The molecular formula is C20H23N3O3. The third kappa shape index (κ3) is 4.30. The smallest absolute Gasteiger partial charge is 0.262 e. The second-order valence-electron chi connectivity index (χ2n) is 6.87. The minimum atomic E-state index is -0.202. The van der Waals surface area contributed by atoms with Gasteiger partial charge in [0.05, 0.1) is 11.8 Å². The number of Topliss-reactive ketones (excluding diaryl/α,β-unsaturated/α-hetero) is 1. The highest BCUT2D eigenvalue weighted by molar-refractivity contribution is 6.01. The molecule has 0 aliphatic carbocycles. The van der Waals surface area contributed by atoms with Crippen molar-refractivity contribution in [1.82, 2.24) is 4.90 Å². The Morgan fingerprint density at radius 3 is 2.88 bits per heavy atom. The first kappa shape index (κ1) is 18.2. The quantitative estimate of drug-likeness (QED) is 0.628. The Morgan fingerprint density at radius 1 is 1.38 bits per heavy atom. The Hall–Kier alpha value is -2.65. The van der Waals surface area contributed by atoms with Crippen LogP contribution in [0.15, 0.2) is 30.4 Å². The van der Waals surface area contributed by atoms with Gasteiger partial charge in [0.15, 0.2) is 12.4 Å². The van der Waals surface area contributed by atoms with Crippen LogP contribution in [0, 0.1) is 17.2 Å². The number of nitrogens with zero attached hydrogens (tertiary/aromatic N) is 2. The number of likely N-dealkylation sites (tertiary alicyclic amines) is 1. The minimum Gasteiger partial charge on any atom is -0.482 e. The molecule has 6 heteroatoms. The third-order valence-corrected chi connectivity index (χ3v) is 4.89. The van der Waals surface area contributed by atoms with E-state index in [4.69, 9.17) is 10.00 Å². The van der Waals surface area contributed by atoms with Gasteiger partial charge in [0, 0.05) is 24.4 Å². The number of hydrogen-bond acceptors (Lipinski definition) is 5. The van der Waals surface area contributed by atoms with Crippen LogP contribution in [0.3, 0.4) is 0 Å². The lowest BCUT2D eigenvalue weighted by Gasteiger charge is -2.31. The van der Waals surface area contributed by atoms with Crippen LogP contribution in [0.25, 0.3) is 0 Å². The summed E-state index contributed by atoms with van der Waals surface area (Å²) in [6.07, 6.45) is 2.86. The van der Waals surface area contributed by atoms with E-state index in [0.29, 0.717) is 23.4 Å². The van der Waals surface area contributed by atoms with Crippen LogP contribution in [-0.4, -0.2) is 42.8 Å². The van der Waals surface area contributed by atoms with E-state index in [1.165, 1.54) is 0 Å². The molecule has 1 aromatic carbocycles. The summed E-state index contributed by atoms with van der Waals surface area (Å²) < 4.78 is 5.34. The second-order valence-corrected chi connectivity index (χ2v) is 6.87. The lowest BCUT2D eigenvalue weighted by atomic mass is 9.88. The monoisotopic (exact) mass is 353 g/mol. The van der Waals surface area contributed by atoms with Gasteiger partial charge in [-0.2, -0.15) is 5.26 Å². The number of amides is 1. The van der Waals surface area contributed by atoms with Gasteiger partial charge >= 0.3 is 0 Å². The van der Waals surface area contributed by atoms with Crippen LogP contribution in [-0.2, 0) is 4.79 Å². The first-order valence-corrected chi connectivity index (χ1v) is 8.93. The minimum absolute atomic E-state index is 0.00288. The summed E-state index contributed by atoms with van der Waals surface area (Å²) in [7, 11) is 0. The maximum Gasteiger partial charge on any atom is 0.262 e. The zero-order valence-electron chi connectivity index (χ0n) is 14.8. The SMILES string of the molecule is C=C(CCC#N)CN1CCC(C(=O)c2ccc3c(c2)NC(=O)CO3)CC1. The van der Waals surface area contributed by atoms with E-state index in [0.717, 1.165) is 44.5 Å². The normalized spacial score (nSPS) is 17.6. The highest BCUT2D eigenvalue weighted by Crippen LogP contribution is 2.30. The molecule has 1 aromatic rings. The Bertz CT molecular complexity index is 758. The van der Waals surface area contributed by atoms with Crippen molar-refractivity contribution < 1.29 is 14.3 Å². The van der Waals surface area contributed by atoms with E-state index >= 15 is 0 Å². The van der Waals surface area contributed by atoms with E-state index in [-0.39, 0.29) is 24.2 Å². The summed E-state index contributed by atoms with van der Waals surface area (Å²) in [4.78, 5) is 26.6. The van der Waals surface area contributed by atoms with Crippen molar-refractivity contribution in [2.75, 3.05) is 31.6 Å². The number of carbonyl (C=O) groups is 2. The standard InChI is InChI=1S/C20H23N3O3/c1-14(3-2-8-21)12-23-9-6-15(7-10-23)20(25)16-4-5-18-17(11-16)22-19(24)13-26-18/h4-5,11,15H,1-3,6-7,9-10,12-13H2,(H,22,24). The summed E-state index contributed by atoms with van der Waals surface area (Å²) in [5.41, 5.74) is 2.26. The number of piperidine rings is 1. The zero-order valence-corrected chi connectivity index (χ0v) is 14.8. The fourth-order valence-corrected chi connectivity index (χ4v) is 3.45. The summed E-state index contributed by atoms with van der Waals surface area (Å²) in [6.45, 7) is 6.55. The number of anilines is 1. The molecule has 3 rings (SSSR count). The molecule has 0 saturated carbocycles. The first-order chi connectivity index (χ1) is 12.6. The number of rotatable bonds is 6. The van der Waals surface area contributed by atoms with Gasteiger partial charge < -0.3 is 10.1 Å². The van der Waals surface area contributed by atoms with Gasteiger partial charge in [0.1, 0.15) is 5.75 Å². The number of carbonyl (C=O) groups excluding carboxylic acids is 2. The highest BCUT2D eigenvalue weighted by atomic mass is 16.5. The molecule has 26 heavy (non-hydrogen) atoms. The van der Waals surface area contributed by atoms with Gasteiger partial charge in [-0.15, -0.1) is 0 Å². The van der Waals surface area contributed by atoms with Crippen LogP contribution >= 0.6 is 0 Å². The van der Waals surface area contributed by atoms with Crippen molar-refractivity contribution in [3.8, 4) is 11.8 Å². The van der Waals surface area contributed by atoms with Crippen LogP contribution in [0.5, 0.6) is 5.75 Å². The van der Waals surface area contributed by atoms with Gasteiger partial charge in [0.25, 0.3) is 5.91 Å². The molecule has 2 aliphatic rings. The molecular weight excluding hydrogens is 330 g/mol. The fourth-order valence-electron chi connectivity index (χ4n) is 3.45. The van der Waals surface area contributed by atoms with E-state index in [1.807, 2.05) is 0 Å². The van der Waals surface area contributed by atoms with E-state index in [9.17, 15) is 9.59 Å². The second kappa shape index (κ2) is 8.15. The maximum atomic E-state index is 12.8. The zero-order chi connectivity index (χ0) is 18.5. The summed E-state index contributed by atoms with van der Waals surface area (Å²) in [6, 6.07) is 7.37. The van der Waals surface area contributed by atoms with Crippen LogP contribution in [0.4, 0.5) is 5.69 Å². The van der Waals surface area contributed by atoms with Gasteiger partial charge in [-0.3, -0.25) is 14.5 Å². The van der Waals surface area contributed by atoms with Crippen molar-refractivity contribution in [3.05, 3.63) is 35.9 Å².